The molecule has 1 aliphatic heterocycles. The maximum Gasteiger partial charge on any atom is 0.315 e. The second-order valence-corrected chi connectivity index (χ2v) is 9.54. The van der Waals surface area contributed by atoms with Crippen LogP contribution < -0.4 is 15.5 Å². The number of hydrogen-bond acceptors (Lipinski definition) is 4. The van der Waals surface area contributed by atoms with E-state index in [1.807, 2.05) is 0 Å². The first-order chi connectivity index (χ1) is 14.7. The highest BCUT2D eigenvalue weighted by Gasteiger charge is 2.31. The van der Waals surface area contributed by atoms with E-state index in [2.05, 4.69) is 75.2 Å². The van der Waals surface area contributed by atoms with Crippen LogP contribution >= 0.6 is 11.3 Å². The number of benzene rings is 1. The van der Waals surface area contributed by atoms with E-state index < -0.39 is 0 Å². The van der Waals surface area contributed by atoms with Crippen LogP contribution in [-0.2, 0) is 0 Å². The molecular formula is C24H34N4OS. The minimum absolute atomic E-state index is 0.0149. The Hall–Kier alpha value is -2.05. The molecule has 30 heavy (non-hydrogen) atoms. The molecule has 1 saturated heterocycles. The van der Waals surface area contributed by atoms with Crippen molar-refractivity contribution in [2.45, 2.75) is 57.2 Å². The molecule has 1 aliphatic carbocycles. The molecule has 0 spiro atoms. The Morgan fingerprint density at radius 3 is 2.40 bits per heavy atom. The minimum atomic E-state index is -0.0149. The van der Waals surface area contributed by atoms with Crippen molar-refractivity contribution in [3.05, 3.63) is 52.7 Å². The Labute approximate surface area is 184 Å². The number of carbonyl (C=O) groups excluding carboxylic acids is 1. The van der Waals surface area contributed by atoms with E-state index in [1.165, 1.54) is 29.8 Å². The van der Waals surface area contributed by atoms with E-state index in [-0.39, 0.29) is 18.1 Å². The fourth-order valence-corrected chi connectivity index (χ4v) is 5.82. The Bertz CT molecular complexity index is 768. The van der Waals surface area contributed by atoms with Gasteiger partial charge in [0.05, 0.1) is 6.04 Å². The summed E-state index contributed by atoms with van der Waals surface area (Å²) in [5.74, 6) is 0. The fraction of sp³-hybridized carbons (Fsp3) is 0.542. The molecule has 2 aliphatic rings. The van der Waals surface area contributed by atoms with Gasteiger partial charge in [-0.05, 0) is 43.3 Å². The number of piperazine rings is 1. The number of anilines is 1. The molecule has 1 aromatic heterocycles. The van der Waals surface area contributed by atoms with Crippen molar-refractivity contribution in [2.24, 2.45) is 0 Å². The molecule has 2 N–H and O–H groups in total. The number of urea groups is 1. The zero-order valence-electron chi connectivity index (χ0n) is 17.9. The Balaban J connectivity index is 1.37. The van der Waals surface area contributed by atoms with Crippen LogP contribution in [0.5, 0.6) is 0 Å². The second kappa shape index (κ2) is 10.3. The van der Waals surface area contributed by atoms with E-state index in [0.717, 1.165) is 39.0 Å². The SMILES string of the molecule is C[C@H](NC(=O)NC1CCCCC1)[C@H](c1cccs1)N1CCN(c2ccccc2)CC1. The number of rotatable bonds is 6. The van der Waals surface area contributed by atoms with Crippen LogP contribution in [0, 0.1) is 0 Å². The Morgan fingerprint density at radius 1 is 1.00 bits per heavy atom. The van der Waals surface area contributed by atoms with Crippen LogP contribution in [0.2, 0.25) is 0 Å². The average molecular weight is 427 g/mol. The van der Waals surface area contributed by atoms with Gasteiger partial charge in [-0.15, -0.1) is 11.3 Å². The van der Waals surface area contributed by atoms with Crippen molar-refractivity contribution in [1.29, 1.82) is 0 Å². The summed E-state index contributed by atoms with van der Waals surface area (Å²) >= 11 is 1.79. The van der Waals surface area contributed by atoms with Crippen molar-refractivity contribution in [3.63, 3.8) is 0 Å². The molecule has 0 bridgehead atoms. The van der Waals surface area contributed by atoms with Crippen LogP contribution in [-0.4, -0.2) is 49.2 Å². The molecular weight excluding hydrogens is 392 g/mol. The maximum atomic E-state index is 12.7. The van der Waals surface area contributed by atoms with Crippen molar-refractivity contribution < 1.29 is 4.79 Å². The number of para-hydroxylation sites is 1. The molecule has 2 aromatic rings. The normalized spacial score (nSPS) is 20.5. The molecule has 5 nitrogen and oxygen atoms in total. The monoisotopic (exact) mass is 426 g/mol. The molecule has 0 unspecified atom stereocenters. The summed E-state index contributed by atoms with van der Waals surface area (Å²) in [4.78, 5) is 19.0. The zero-order valence-corrected chi connectivity index (χ0v) is 18.7. The average Bonchev–Trinajstić information content (AvgIpc) is 3.30. The lowest BCUT2D eigenvalue weighted by atomic mass is 9.96. The summed E-state index contributed by atoms with van der Waals surface area (Å²) in [7, 11) is 0. The number of nitrogens with one attached hydrogen (secondary N) is 2. The van der Waals surface area contributed by atoms with Crippen LogP contribution in [0.4, 0.5) is 10.5 Å². The fourth-order valence-electron chi connectivity index (χ4n) is 4.86. The van der Waals surface area contributed by atoms with Gasteiger partial charge in [0.2, 0.25) is 0 Å². The second-order valence-electron chi connectivity index (χ2n) is 8.56. The summed E-state index contributed by atoms with van der Waals surface area (Å²) in [6.45, 7) is 6.15. The van der Waals surface area contributed by atoms with E-state index in [0.29, 0.717) is 6.04 Å². The summed E-state index contributed by atoms with van der Waals surface area (Å²) in [5.41, 5.74) is 1.29. The third-order valence-corrected chi connectivity index (χ3v) is 7.38. The lowest BCUT2D eigenvalue weighted by Crippen LogP contribution is -2.54. The number of nitrogens with zero attached hydrogens (tertiary/aromatic N) is 2. The topological polar surface area (TPSA) is 47.6 Å². The van der Waals surface area contributed by atoms with Crippen LogP contribution in [0.1, 0.15) is 49.9 Å². The summed E-state index contributed by atoms with van der Waals surface area (Å²) in [6, 6.07) is 15.5. The van der Waals surface area contributed by atoms with Crippen molar-refractivity contribution >= 4 is 23.1 Å². The van der Waals surface area contributed by atoms with E-state index >= 15 is 0 Å². The number of thiophene rings is 1. The molecule has 1 aromatic carbocycles. The lowest BCUT2D eigenvalue weighted by Gasteiger charge is -2.42. The van der Waals surface area contributed by atoms with E-state index in [1.54, 1.807) is 11.3 Å². The van der Waals surface area contributed by atoms with Gasteiger partial charge in [-0.1, -0.05) is 43.5 Å². The highest BCUT2D eigenvalue weighted by Crippen LogP contribution is 2.30. The number of carbonyl (C=O) groups is 1. The number of amides is 2. The summed E-state index contributed by atoms with van der Waals surface area (Å²) in [5, 5.41) is 8.60. The molecule has 0 radical (unpaired) electrons. The van der Waals surface area contributed by atoms with Crippen LogP contribution in [0.3, 0.4) is 0 Å². The largest absolute Gasteiger partial charge is 0.369 e. The van der Waals surface area contributed by atoms with Crippen LogP contribution in [0.15, 0.2) is 47.8 Å². The molecule has 162 valence electrons. The highest BCUT2D eigenvalue weighted by atomic mass is 32.1. The van der Waals surface area contributed by atoms with E-state index in [4.69, 9.17) is 0 Å². The molecule has 2 atom stereocenters. The summed E-state index contributed by atoms with van der Waals surface area (Å²) in [6.07, 6.45) is 5.97. The third kappa shape index (κ3) is 5.35. The molecule has 6 heteroatoms. The van der Waals surface area contributed by atoms with Gasteiger partial charge in [0.15, 0.2) is 0 Å². The lowest BCUT2D eigenvalue weighted by molar-refractivity contribution is 0.155. The molecule has 2 amide bonds. The number of hydrogen-bond donors (Lipinski definition) is 2. The van der Waals surface area contributed by atoms with Gasteiger partial charge in [-0.2, -0.15) is 0 Å². The Morgan fingerprint density at radius 2 is 1.73 bits per heavy atom. The van der Waals surface area contributed by atoms with Gasteiger partial charge in [0, 0.05) is 48.8 Å². The van der Waals surface area contributed by atoms with Gasteiger partial charge in [-0.3, -0.25) is 4.90 Å². The molecule has 2 fully saturated rings. The molecule has 4 rings (SSSR count). The first-order valence-electron chi connectivity index (χ1n) is 11.3. The Kier molecular flexibility index (Phi) is 7.28. The van der Waals surface area contributed by atoms with Crippen molar-refractivity contribution in [2.75, 3.05) is 31.1 Å². The first kappa shape index (κ1) is 21.2. The summed E-state index contributed by atoms with van der Waals surface area (Å²) < 4.78 is 0. The van der Waals surface area contributed by atoms with Gasteiger partial charge < -0.3 is 15.5 Å². The van der Waals surface area contributed by atoms with Crippen molar-refractivity contribution in [3.8, 4) is 0 Å². The van der Waals surface area contributed by atoms with Gasteiger partial charge in [0.1, 0.15) is 0 Å². The van der Waals surface area contributed by atoms with Gasteiger partial charge >= 0.3 is 6.03 Å². The van der Waals surface area contributed by atoms with E-state index in [9.17, 15) is 4.79 Å². The quantitative estimate of drug-likeness (QED) is 0.708. The van der Waals surface area contributed by atoms with Gasteiger partial charge in [0.25, 0.3) is 0 Å². The zero-order chi connectivity index (χ0) is 20.8. The maximum absolute atomic E-state index is 12.7. The molecule has 1 saturated carbocycles. The smallest absolute Gasteiger partial charge is 0.315 e. The van der Waals surface area contributed by atoms with Crippen LogP contribution in [0.25, 0.3) is 0 Å². The predicted molar refractivity (Wildman–Crippen MR) is 125 cm³/mol. The highest BCUT2D eigenvalue weighted by molar-refractivity contribution is 7.10. The molecule has 2 heterocycles. The van der Waals surface area contributed by atoms with Crippen molar-refractivity contribution in [1.82, 2.24) is 15.5 Å². The predicted octanol–water partition coefficient (Wildman–Crippen LogP) is 4.63. The third-order valence-electron chi connectivity index (χ3n) is 6.44. The first-order valence-corrected chi connectivity index (χ1v) is 12.2. The van der Waals surface area contributed by atoms with Gasteiger partial charge in [-0.25, -0.2) is 4.79 Å². The minimum Gasteiger partial charge on any atom is -0.369 e. The standard InChI is InChI=1S/C24H34N4OS/c1-19(25-24(29)26-20-9-4-2-5-10-20)23(22-13-8-18-30-22)28-16-14-27(15-17-28)21-11-6-3-7-12-21/h3,6-8,11-13,18-20,23H,2,4-5,9-10,14-17H2,1H3,(H2,25,26,29)/t19-,23+/m0/s1.